The summed E-state index contributed by atoms with van der Waals surface area (Å²) in [6.07, 6.45) is 0. The van der Waals surface area contributed by atoms with Crippen LogP contribution in [0.1, 0.15) is 5.56 Å². The molecule has 0 aliphatic carbocycles. The van der Waals surface area contributed by atoms with Crippen LogP contribution >= 0.6 is 0 Å². The molecular weight excluding hydrogens is 242 g/mol. The summed E-state index contributed by atoms with van der Waals surface area (Å²) in [5.41, 5.74) is 6.22. The lowest BCUT2D eigenvalue weighted by molar-refractivity contribution is 1.47. The van der Waals surface area contributed by atoms with Gasteiger partial charge in [0.2, 0.25) is 0 Å². The van der Waals surface area contributed by atoms with Gasteiger partial charge in [-0.25, -0.2) is 0 Å². The number of fused-ring (bicyclic) bond motifs is 3. The highest BCUT2D eigenvalue weighted by Gasteiger charge is 2.06. The molecule has 1 heteroatoms. The first-order valence-corrected chi connectivity index (χ1v) is 6.89. The summed E-state index contributed by atoms with van der Waals surface area (Å²) < 4.78 is 0. The van der Waals surface area contributed by atoms with Crippen LogP contribution in [0.4, 0.5) is 0 Å². The average Bonchev–Trinajstić information content (AvgIpc) is 2.84. The van der Waals surface area contributed by atoms with Crippen molar-refractivity contribution in [3.05, 3.63) is 72.3 Å². The predicted molar refractivity (Wildman–Crippen MR) is 86.0 cm³/mol. The van der Waals surface area contributed by atoms with Crippen LogP contribution in [0.2, 0.25) is 0 Å². The summed E-state index contributed by atoms with van der Waals surface area (Å²) in [6, 6.07) is 23.7. The van der Waals surface area contributed by atoms with Crippen molar-refractivity contribution in [1.29, 1.82) is 0 Å². The van der Waals surface area contributed by atoms with E-state index in [1.54, 1.807) is 0 Å². The maximum Gasteiger partial charge on any atom is 0.0467 e. The summed E-state index contributed by atoms with van der Waals surface area (Å²) in [5, 5.41) is 2.59. The van der Waals surface area contributed by atoms with E-state index in [1.807, 2.05) is 0 Å². The van der Waals surface area contributed by atoms with Crippen molar-refractivity contribution in [1.82, 2.24) is 4.98 Å². The Morgan fingerprint density at radius 3 is 2.35 bits per heavy atom. The maximum atomic E-state index is 3.50. The Hall–Kier alpha value is -2.54. The number of aryl methyl sites for hydroxylation is 1. The number of aromatic nitrogens is 1. The van der Waals surface area contributed by atoms with Crippen LogP contribution in [0, 0.1) is 6.92 Å². The van der Waals surface area contributed by atoms with E-state index < -0.39 is 0 Å². The Bertz CT molecular complexity index is 901. The van der Waals surface area contributed by atoms with Crippen LogP contribution in [0.5, 0.6) is 0 Å². The minimum atomic E-state index is 1.20. The molecule has 96 valence electrons. The van der Waals surface area contributed by atoms with Crippen LogP contribution in [0.25, 0.3) is 32.9 Å². The Morgan fingerprint density at radius 1 is 0.650 bits per heavy atom. The Balaban J connectivity index is 2.01. The van der Waals surface area contributed by atoms with Gasteiger partial charge in [-0.05, 0) is 41.8 Å². The van der Waals surface area contributed by atoms with Crippen LogP contribution in [-0.4, -0.2) is 4.98 Å². The smallest absolute Gasteiger partial charge is 0.0467 e. The van der Waals surface area contributed by atoms with E-state index in [0.717, 1.165) is 0 Å². The van der Waals surface area contributed by atoms with Gasteiger partial charge in [-0.2, -0.15) is 0 Å². The molecule has 4 rings (SSSR count). The van der Waals surface area contributed by atoms with Gasteiger partial charge >= 0.3 is 0 Å². The van der Waals surface area contributed by atoms with Crippen LogP contribution in [0.15, 0.2) is 66.7 Å². The molecule has 1 aromatic heterocycles. The first kappa shape index (κ1) is 11.3. The van der Waals surface area contributed by atoms with E-state index in [1.165, 1.54) is 38.5 Å². The van der Waals surface area contributed by atoms with Gasteiger partial charge < -0.3 is 4.98 Å². The SMILES string of the molecule is Cc1ccc2c(c1)[nH]c1ccc(-c3ccccc3)cc12. The molecule has 0 aliphatic rings. The average molecular weight is 257 g/mol. The fourth-order valence-corrected chi connectivity index (χ4v) is 2.83. The summed E-state index contributed by atoms with van der Waals surface area (Å²) in [5.74, 6) is 0. The number of hydrogen-bond acceptors (Lipinski definition) is 0. The molecule has 0 unspecified atom stereocenters. The summed E-state index contributed by atoms with van der Waals surface area (Å²) in [4.78, 5) is 3.50. The van der Waals surface area contributed by atoms with E-state index in [0.29, 0.717) is 0 Å². The molecular formula is C19H15N. The minimum absolute atomic E-state index is 1.20. The topological polar surface area (TPSA) is 15.8 Å². The molecule has 4 aromatic rings. The molecule has 0 bridgehead atoms. The zero-order valence-electron chi connectivity index (χ0n) is 11.4. The summed E-state index contributed by atoms with van der Waals surface area (Å²) >= 11 is 0. The third kappa shape index (κ3) is 1.71. The van der Waals surface area contributed by atoms with Gasteiger partial charge in [-0.15, -0.1) is 0 Å². The third-order valence-electron chi connectivity index (χ3n) is 3.86. The highest BCUT2D eigenvalue weighted by atomic mass is 14.7. The lowest BCUT2D eigenvalue weighted by atomic mass is 10.0. The van der Waals surface area contributed by atoms with E-state index in [-0.39, 0.29) is 0 Å². The fraction of sp³-hybridized carbons (Fsp3) is 0.0526. The van der Waals surface area contributed by atoms with Crippen molar-refractivity contribution in [2.45, 2.75) is 6.92 Å². The number of benzene rings is 3. The fourth-order valence-electron chi connectivity index (χ4n) is 2.83. The second-order valence-electron chi connectivity index (χ2n) is 5.30. The molecule has 20 heavy (non-hydrogen) atoms. The van der Waals surface area contributed by atoms with Gasteiger partial charge in [0.1, 0.15) is 0 Å². The quantitative estimate of drug-likeness (QED) is 0.476. The van der Waals surface area contributed by atoms with Crippen molar-refractivity contribution >= 4 is 21.8 Å². The van der Waals surface area contributed by atoms with Crippen molar-refractivity contribution in [2.24, 2.45) is 0 Å². The predicted octanol–water partition coefficient (Wildman–Crippen LogP) is 5.30. The van der Waals surface area contributed by atoms with Crippen LogP contribution in [-0.2, 0) is 0 Å². The number of hydrogen-bond donors (Lipinski definition) is 1. The second-order valence-corrected chi connectivity index (χ2v) is 5.30. The molecule has 0 spiro atoms. The lowest BCUT2D eigenvalue weighted by Crippen LogP contribution is -1.76. The van der Waals surface area contributed by atoms with Gasteiger partial charge in [0, 0.05) is 21.8 Å². The largest absolute Gasteiger partial charge is 0.355 e. The van der Waals surface area contributed by atoms with Crippen molar-refractivity contribution in [2.75, 3.05) is 0 Å². The normalized spacial score (nSPS) is 11.2. The number of rotatable bonds is 1. The van der Waals surface area contributed by atoms with Gasteiger partial charge in [0.25, 0.3) is 0 Å². The number of nitrogens with one attached hydrogen (secondary N) is 1. The highest BCUT2D eigenvalue weighted by Crippen LogP contribution is 2.30. The first-order chi connectivity index (χ1) is 9.81. The van der Waals surface area contributed by atoms with Crippen LogP contribution in [0.3, 0.4) is 0 Å². The van der Waals surface area contributed by atoms with E-state index >= 15 is 0 Å². The molecule has 0 fully saturated rings. The van der Waals surface area contributed by atoms with E-state index in [2.05, 4.69) is 78.6 Å². The zero-order chi connectivity index (χ0) is 13.5. The van der Waals surface area contributed by atoms with Crippen molar-refractivity contribution < 1.29 is 0 Å². The lowest BCUT2D eigenvalue weighted by Gasteiger charge is -2.01. The van der Waals surface area contributed by atoms with Gasteiger partial charge in [-0.3, -0.25) is 0 Å². The van der Waals surface area contributed by atoms with Crippen LogP contribution < -0.4 is 0 Å². The van der Waals surface area contributed by atoms with Crippen molar-refractivity contribution in [3.8, 4) is 11.1 Å². The molecule has 1 heterocycles. The zero-order valence-corrected chi connectivity index (χ0v) is 11.4. The molecule has 0 amide bonds. The van der Waals surface area contributed by atoms with E-state index in [4.69, 9.17) is 0 Å². The monoisotopic (exact) mass is 257 g/mol. The first-order valence-electron chi connectivity index (χ1n) is 6.89. The number of aromatic amines is 1. The van der Waals surface area contributed by atoms with Gasteiger partial charge in [0.05, 0.1) is 0 Å². The highest BCUT2D eigenvalue weighted by molar-refractivity contribution is 6.08. The molecule has 0 radical (unpaired) electrons. The summed E-state index contributed by atoms with van der Waals surface area (Å²) in [6.45, 7) is 2.13. The molecule has 0 saturated carbocycles. The Kier molecular flexibility index (Phi) is 2.40. The van der Waals surface area contributed by atoms with E-state index in [9.17, 15) is 0 Å². The minimum Gasteiger partial charge on any atom is -0.355 e. The third-order valence-corrected chi connectivity index (χ3v) is 3.86. The number of H-pyrrole nitrogens is 1. The van der Waals surface area contributed by atoms with Gasteiger partial charge in [-0.1, -0.05) is 48.5 Å². The van der Waals surface area contributed by atoms with Crippen molar-refractivity contribution in [3.63, 3.8) is 0 Å². The molecule has 0 saturated heterocycles. The Labute approximate surface area is 117 Å². The maximum absolute atomic E-state index is 3.50. The molecule has 0 atom stereocenters. The molecule has 3 aromatic carbocycles. The molecule has 1 nitrogen and oxygen atoms in total. The standard InChI is InChI=1S/C19H15N/c1-13-7-9-16-17-12-15(14-5-3-2-4-6-14)8-10-18(17)20-19(16)11-13/h2-12,20H,1H3. The Morgan fingerprint density at radius 2 is 1.50 bits per heavy atom. The van der Waals surface area contributed by atoms with Gasteiger partial charge in [0.15, 0.2) is 0 Å². The molecule has 0 aliphatic heterocycles. The molecule has 1 N–H and O–H groups in total. The summed E-state index contributed by atoms with van der Waals surface area (Å²) in [7, 11) is 0. The second kappa shape index (κ2) is 4.24.